The molecule has 2 heterocycles. The van der Waals surface area contributed by atoms with E-state index >= 15 is 0 Å². The molecule has 0 aliphatic heterocycles. The number of nitrogens with one attached hydrogen (secondary N) is 1. The molecule has 0 saturated heterocycles. The first kappa shape index (κ1) is 21.3. The molecule has 2 aromatic heterocycles. The van der Waals surface area contributed by atoms with Gasteiger partial charge in [-0.1, -0.05) is 11.6 Å². The molecule has 0 saturated carbocycles. The van der Waals surface area contributed by atoms with Crippen LogP contribution in [0.4, 0.5) is 11.5 Å². The van der Waals surface area contributed by atoms with Crippen LogP contribution in [0.25, 0.3) is 11.4 Å². The standard InChI is InChI=1S/C22H19ClN6O3/c1-13-12-20(28(25-13)18-8-10-19(11-9-18)29(31)32)24-22(30)16-4-6-17(7-5-16)27-15(3)21(23)14(2)26-27/h4-12H,1-3H3,(H,24,30). The van der Waals surface area contributed by atoms with Crippen LogP contribution in [0.2, 0.25) is 5.02 Å². The number of carbonyl (C=O) groups is 1. The van der Waals surface area contributed by atoms with E-state index in [9.17, 15) is 14.9 Å². The second-order valence-corrected chi connectivity index (χ2v) is 7.63. The van der Waals surface area contributed by atoms with E-state index in [1.54, 1.807) is 54.1 Å². The van der Waals surface area contributed by atoms with Crippen molar-refractivity contribution in [1.29, 1.82) is 0 Å². The average molecular weight is 451 g/mol. The van der Waals surface area contributed by atoms with Crippen molar-refractivity contribution in [2.75, 3.05) is 5.32 Å². The van der Waals surface area contributed by atoms with Gasteiger partial charge in [0.05, 0.1) is 38.4 Å². The lowest BCUT2D eigenvalue weighted by atomic mass is 10.2. The van der Waals surface area contributed by atoms with Crippen molar-refractivity contribution in [3.63, 3.8) is 0 Å². The molecule has 0 atom stereocenters. The number of benzene rings is 2. The number of hydrogen-bond donors (Lipinski definition) is 1. The second kappa shape index (κ2) is 8.27. The van der Waals surface area contributed by atoms with E-state index in [4.69, 9.17) is 11.6 Å². The van der Waals surface area contributed by atoms with Gasteiger partial charge in [-0.15, -0.1) is 0 Å². The Labute approximate surface area is 188 Å². The van der Waals surface area contributed by atoms with Crippen molar-refractivity contribution in [2.45, 2.75) is 20.8 Å². The lowest BCUT2D eigenvalue weighted by molar-refractivity contribution is -0.384. The summed E-state index contributed by atoms with van der Waals surface area (Å²) in [5.41, 5.74) is 4.07. The average Bonchev–Trinajstić information content (AvgIpc) is 3.27. The normalized spacial score (nSPS) is 10.9. The third-order valence-corrected chi connectivity index (χ3v) is 5.50. The van der Waals surface area contributed by atoms with Gasteiger partial charge in [0.15, 0.2) is 0 Å². The summed E-state index contributed by atoms with van der Waals surface area (Å²) in [5.74, 6) is 0.141. The van der Waals surface area contributed by atoms with Crippen LogP contribution in [0.5, 0.6) is 0 Å². The van der Waals surface area contributed by atoms with E-state index in [1.807, 2.05) is 13.8 Å². The summed E-state index contributed by atoms with van der Waals surface area (Å²) in [6.07, 6.45) is 0. The highest BCUT2D eigenvalue weighted by Crippen LogP contribution is 2.23. The number of carbonyl (C=O) groups excluding carboxylic acids is 1. The third kappa shape index (κ3) is 3.97. The zero-order chi connectivity index (χ0) is 23.0. The number of anilines is 1. The molecule has 0 aliphatic rings. The molecule has 9 nitrogen and oxygen atoms in total. The molecule has 0 fully saturated rings. The molecule has 2 aromatic carbocycles. The molecule has 162 valence electrons. The number of amides is 1. The third-order valence-electron chi connectivity index (χ3n) is 4.96. The van der Waals surface area contributed by atoms with Gasteiger partial charge in [0.1, 0.15) is 5.82 Å². The Morgan fingerprint density at radius 1 is 0.969 bits per heavy atom. The summed E-state index contributed by atoms with van der Waals surface area (Å²) < 4.78 is 3.26. The van der Waals surface area contributed by atoms with Gasteiger partial charge in [-0.25, -0.2) is 9.36 Å². The molecule has 1 N–H and O–H groups in total. The smallest absolute Gasteiger partial charge is 0.269 e. The Balaban J connectivity index is 1.57. The van der Waals surface area contributed by atoms with Gasteiger partial charge in [-0.2, -0.15) is 10.2 Å². The largest absolute Gasteiger partial charge is 0.306 e. The van der Waals surface area contributed by atoms with E-state index in [1.165, 1.54) is 16.8 Å². The summed E-state index contributed by atoms with van der Waals surface area (Å²) in [6, 6.07) is 14.7. The molecule has 10 heteroatoms. The van der Waals surface area contributed by atoms with Gasteiger partial charge in [-0.05, 0) is 57.2 Å². The van der Waals surface area contributed by atoms with Crippen LogP contribution in [-0.4, -0.2) is 30.4 Å². The van der Waals surface area contributed by atoms with Gasteiger partial charge < -0.3 is 5.32 Å². The predicted octanol–water partition coefficient (Wildman–Crippen LogP) is 4.80. The van der Waals surface area contributed by atoms with Crippen LogP contribution >= 0.6 is 11.6 Å². The first-order chi connectivity index (χ1) is 15.2. The Kier molecular flexibility index (Phi) is 5.50. The maximum atomic E-state index is 12.8. The molecule has 4 rings (SSSR count). The molecular weight excluding hydrogens is 432 g/mol. The van der Waals surface area contributed by atoms with E-state index in [2.05, 4.69) is 15.5 Å². The van der Waals surface area contributed by atoms with Crippen molar-refractivity contribution in [3.8, 4) is 11.4 Å². The maximum Gasteiger partial charge on any atom is 0.269 e. The van der Waals surface area contributed by atoms with Gasteiger partial charge in [0, 0.05) is 23.8 Å². The minimum Gasteiger partial charge on any atom is -0.306 e. The highest BCUT2D eigenvalue weighted by molar-refractivity contribution is 6.31. The molecule has 0 aliphatic carbocycles. The monoisotopic (exact) mass is 450 g/mol. The fourth-order valence-electron chi connectivity index (χ4n) is 3.32. The van der Waals surface area contributed by atoms with Crippen LogP contribution < -0.4 is 5.32 Å². The number of non-ortho nitro benzene ring substituents is 1. The van der Waals surface area contributed by atoms with Crippen LogP contribution in [0.3, 0.4) is 0 Å². The summed E-state index contributed by atoms with van der Waals surface area (Å²) in [4.78, 5) is 23.3. The van der Waals surface area contributed by atoms with Gasteiger partial charge in [-0.3, -0.25) is 14.9 Å². The molecule has 0 spiro atoms. The maximum absolute atomic E-state index is 12.8. The number of aryl methyl sites for hydroxylation is 2. The summed E-state index contributed by atoms with van der Waals surface area (Å²) in [7, 11) is 0. The topological polar surface area (TPSA) is 108 Å². The highest BCUT2D eigenvalue weighted by Gasteiger charge is 2.15. The second-order valence-electron chi connectivity index (χ2n) is 7.25. The number of nitro groups is 1. The molecular formula is C22H19ClN6O3. The Hall–Kier alpha value is -3.98. The molecule has 0 bridgehead atoms. The minimum absolute atomic E-state index is 0.0211. The molecule has 0 radical (unpaired) electrons. The zero-order valence-corrected chi connectivity index (χ0v) is 18.3. The van der Waals surface area contributed by atoms with Gasteiger partial charge in [0.25, 0.3) is 11.6 Å². The zero-order valence-electron chi connectivity index (χ0n) is 17.5. The fraction of sp³-hybridized carbons (Fsp3) is 0.136. The predicted molar refractivity (Wildman–Crippen MR) is 121 cm³/mol. The number of halogens is 1. The lowest BCUT2D eigenvalue weighted by Gasteiger charge is -2.10. The van der Waals surface area contributed by atoms with Gasteiger partial charge in [0.2, 0.25) is 0 Å². The van der Waals surface area contributed by atoms with E-state index in [0.29, 0.717) is 27.8 Å². The van der Waals surface area contributed by atoms with Crippen LogP contribution in [0.1, 0.15) is 27.4 Å². The van der Waals surface area contributed by atoms with Crippen molar-refractivity contribution in [2.24, 2.45) is 0 Å². The van der Waals surface area contributed by atoms with Crippen LogP contribution in [-0.2, 0) is 0 Å². The minimum atomic E-state index is -0.468. The number of hydrogen-bond acceptors (Lipinski definition) is 5. The molecule has 1 amide bonds. The van der Waals surface area contributed by atoms with Crippen LogP contribution in [0.15, 0.2) is 54.6 Å². The summed E-state index contributed by atoms with van der Waals surface area (Å²) in [5, 5.41) is 23.2. The quantitative estimate of drug-likeness (QED) is 0.347. The summed E-state index contributed by atoms with van der Waals surface area (Å²) >= 11 is 6.22. The Morgan fingerprint density at radius 2 is 1.56 bits per heavy atom. The molecule has 4 aromatic rings. The van der Waals surface area contributed by atoms with Crippen molar-refractivity contribution >= 4 is 29.0 Å². The number of nitro benzene ring substituents is 1. The van der Waals surface area contributed by atoms with E-state index in [0.717, 1.165) is 17.1 Å². The Bertz CT molecular complexity index is 1320. The van der Waals surface area contributed by atoms with Crippen molar-refractivity contribution in [1.82, 2.24) is 19.6 Å². The fourth-order valence-corrected chi connectivity index (χ4v) is 3.44. The number of aromatic nitrogens is 4. The summed E-state index contributed by atoms with van der Waals surface area (Å²) in [6.45, 7) is 5.51. The first-order valence-corrected chi connectivity index (χ1v) is 10.1. The SMILES string of the molecule is Cc1cc(NC(=O)c2ccc(-n3nc(C)c(Cl)c3C)cc2)n(-c2ccc([N+](=O)[O-])cc2)n1. The Morgan fingerprint density at radius 3 is 2.12 bits per heavy atom. The first-order valence-electron chi connectivity index (χ1n) is 9.69. The van der Waals surface area contributed by atoms with Crippen molar-refractivity contribution in [3.05, 3.63) is 92.4 Å². The number of rotatable bonds is 5. The van der Waals surface area contributed by atoms with Crippen LogP contribution in [0, 0.1) is 30.9 Å². The van der Waals surface area contributed by atoms with Gasteiger partial charge >= 0.3 is 0 Å². The lowest BCUT2D eigenvalue weighted by Crippen LogP contribution is -2.15. The van der Waals surface area contributed by atoms with Crippen molar-refractivity contribution < 1.29 is 9.72 Å². The number of nitrogens with zero attached hydrogens (tertiary/aromatic N) is 5. The highest BCUT2D eigenvalue weighted by atomic mass is 35.5. The van der Waals surface area contributed by atoms with E-state index < -0.39 is 4.92 Å². The van der Waals surface area contributed by atoms with E-state index in [-0.39, 0.29) is 11.6 Å². The molecule has 0 unspecified atom stereocenters. The molecule has 32 heavy (non-hydrogen) atoms.